The van der Waals surface area contributed by atoms with Gasteiger partial charge in [-0.05, 0) is 50.3 Å². The van der Waals surface area contributed by atoms with Crippen LogP contribution in [0.5, 0.6) is 0 Å². The Balaban J connectivity index is 1.78. The van der Waals surface area contributed by atoms with E-state index in [0.717, 1.165) is 32.1 Å². The number of carbonyl (C=O) groups is 1. The maximum absolute atomic E-state index is 15.0. The molecule has 164 valence electrons. The molecule has 1 aliphatic heterocycles. The Hall–Kier alpha value is -2.67. The van der Waals surface area contributed by atoms with Crippen LogP contribution in [0.25, 0.3) is 0 Å². The molecule has 6 nitrogen and oxygen atoms in total. The molecule has 1 spiro atoms. The molecule has 0 radical (unpaired) electrons. The maximum atomic E-state index is 15.0. The summed E-state index contributed by atoms with van der Waals surface area (Å²) in [7, 11) is 0. The number of halogens is 1. The predicted octanol–water partition coefficient (Wildman–Crippen LogP) is 5.13. The summed E-state index contributed by atoms with van der Waals surface area (Å²) in [5, 5.41) is 11.8. The third kappa shape index (κ3) is 4.11. The number of ether oxygens (including phenoxy) is 1. The van der Waals surface area contributed by atoms with Gasteiger partial charge in [0.05, 0.1) is 10.5 Å². The standard InChI is InChI=1S/C24H27FN2O4/c1-23(18-8-3-4-9-19(18)25,22-20(27(29)30)10-7-13-26-22)14-17-15-24(31-16-21(17)28)11-5-2-6-12-24/h3-4,7-10,13,17H,2,5-6,11-12,14-16H2,1H3. The molecule has 2 atom stereocenters. The van der Waals surface area contributed by atoms with Gasteiger partial charge in [0, 0.05) is 23.6 Å². The van der Waals surface area contributed by atoms with E-state index in [1.807, 2.05) is 0 Å². The number of ketones is 1. The van der Waals surface area contributed by atoms with Gasteiger partial charge < -0.3 is 4.74 Å². The number of hydrogen-bond acceptors (Lipinski definition) is 5. The molecule has 1 saturated carbocycles. The third-order valence-corrected chi connectivity index (χ3v) is 6.99. The van der Waals surface area contributed by atoms with E-state index in [-0.39, 0.29) is 41.7 Å². The lowest BCUT2D eigenvalue weighted by atomic mass is 9.67. The van der Waals surface area contributed by atoms with Crippen molar-refractivity contribution in [2.45, 2.75) is 62.9 Å². The lowest BCUT2D eigenvalue weighted by molar-refractivity contribution is -0.386. The van der Waals surface area contributed by atoms with Crippen LogP contribution in [0.15, 0.2) is 42.6 Å². The van der Waals surface area contributed by atoms with Crippen LogP contribution in [-0.4, -0.2) is 27.9 Å². The molecule has 1 aliphatic carbocycles. The molecule has 1 saturated heterocycles. The minimum atomic E-state index is -1.14. The first-order chi connectivity index (χ1) is 14.8. The van der Waals surface area contributed by atoms with Gasteiger partial charge in [-0.25, -0.2) is 4.39 Å². The van der Waals surface area contributed by atoms with Crippen LogP contribution < -0.4 is 0 Å². The van der Waals surface area contributed by atoms with Crippen molar-refractivity contribution in [1.29, 1.82) is 0 Å². The number of nitro groups is 1. The fourth-order valence-corrected chi connectivity index (χ4v) is 5.40. The van der Waals surface area contributed by atoms with E-state index in [9.17, 15) is 19.3 Å². The van der Waals surface area contributed by atoms with Crippen molar-refractivity contribution < 1.29 is 18.8 Å². The molecule has 0 bridgehead atoms. The number of aromatic nitrogens is 1. The monoisotopic (exact) mass is 426 g/mol. The number of benzene rings is 1. The topological polar surface area (TPSA) is 82.3 Å². The van der Waals surface area contributed by atoms with Gasteiger partial charge >= 0.3 is 0 Å². The Labute approximate surface area is 181 Å². The number of pyridine rings is 1. The highest BCUT2D eigenvalue weighted by Crippen LogP contribution is 2.47. The van der Waals surface area contributed by atoms with Crippen molar-refractivity contribution in [1.82, 2.24) is 4.98 Å². The molecule has 4 rings (SSSR count). The average Bonchev–Trinajstić information content (AvgIpc) is 2.77. The van der Waals surface area contributed by atoms with Crippen LogP contribution in [0.3, 0.4) is 0 Å². The van der Waals surface area contributed by atoms with Crippen LogP contribution >= 0.6 is 0 Å². The summed E-state index contributed by atoms with van der Waals surface area (Å²) in [5.74, 6) is -0.868. The second-order valence-corrected chi connectivity index (χ2v) is 9.04. The fourth-order valence-electron chi connectivity index (χ4n) is 5.40. The zero-order valence-corrected chi connectivity index (χ0v) is 17.7. The number of Topliss-reactive ketones (excluding diaryl/α,β-unsaturated/α-hetero) is 1. The minimum Gasteiger partial charge on any atom is -0.367 e. The summed E-state index contributed by atoms with van der Waals surface area (Å²) in [6.45, 7) is 1.80. The SMILES string of the molecule is CC(CC1CC2(CCCCC2)OCC1=O)(c1ccccc1F)c1ncccc1[N+](=O)[O-]. The Morgan fingerprint density at radius 1 is 1.23 bits per heavy atom. The molecule has 2 unspecified atom stereocenters. The van der Waals surface area contributed by atoms with Crippen LogP contribution in [0.2, 0.25) is 0 Å². The molecule has 31 heavy (non-hydrogen) atoms. The van der Waals surface area contributed by atoms with Gasteiger partial charge in [0.1, 0.15) is 18.1 Å². The van der Waals surface area contributed by atoms with Gasteiger partial charge in [-0.3, -0.25) is 19.9 Å². The van der Waals surface area contributed by atoms with Crippen LogP contribution in [-0.2, 0) is 14.9 Å². The molecule has 1 aromatic carbocycles. The normalized spacial score (nSPS) is 22.8. The first-order valence-electron chi connectivity index (χ1n) is 10.9. The molecule has 2 aliphatic rings. The number of hydrogen-bond donors (Lipinski definition) is 0. The first-order valence-corrected chi connectivity index (χ1v) is 10.9. The maximum Gasteiger partial charge on any atom is 0.291 e. The summed E-state index contributed by atoms with van der Waals surface area (Å²) in [6, 6.07) is 9.16. The number of carbonyl (C=O) groups excluding carboxylic acids is 1. The molecular formula is C24H27FN2O4. The Kier molecular flexibility index (Phi) is 5.88. The van der Waals surface area contributed by atoms with E-state index in [4.69, 9.17) is 4.74 Å². The Morgan fingerprint density at radius 2 is 1.97 bits per heavy atom. The Morgan fingerprint density at radius 3 is 2.68 bits per heavy atom. The van der Waals surface area contributed by atoms with E-state index in [1.165, 1.54) is 24.4 Å². The largest absolute Gasteiger partial charge is 0.367 e. The van der Waals surface area contributed by atoms with E-state index in [0.29, 0.717) is 12.0 Å². The van der Waals surface area contributed by atoms with Gasteiger partial charge in [0.2, 0.25) is 0 Å². The molecule has 1 aromatic heterocycles. The van der Waals surface area contributed by atoms with Gasteiger partial charge in [-0.1, -0.05) is 37.5 Å². The summed E-state index contributed by atoms with van der Waals surface area (Å²) in [6.07, 6.45) is 7.42. The van der Waals surface area contributed by atoms with Crippen molar-refractivity contribution in [3.05, 3.63) is 69.8 Å². The lowest BCUT2D eigenvalue weighted by Gasteiger charge is -2.44. The molecule has 0 amide bonds. The van der Waals surface area contributed by atoms with Crippen molar-refractivity contribution >= 4 is 11.5 Å². The minimum absolute atomic E-state index is 0.0302. The quantitative estimate of drug-likeness (QED) is 0.489. The highest BCUT2D eigenvalue weighted by Gasteiger charge is 2.47. The fraction of sp³-hybridized carbons (Fsp3) is 0.500. The summed E-state index contributed by atoms with van der Waals surface area (Å²) < 4.78 is 21.0. The van der Waals surface area contributed by atoms with E-state index >= 15 is 0 Å². The zero-order valence-electron chi connectivity index (χ0n) is 17.7. The highest BCUT2D eigenvalue weighted by atomic mass is 19.1. The average molecular weight is 426 g/mol. The second-order valence-electron chi connectivity index (χ2n) is 9.04. The second kappa shape index (κ2) is 8.46. The van der Waals surface area contributed by atoms with Gasteiger partial charge in [-0.2, -0.15) is 0 Å². The molecule has 0 N–H and O–H groups in total. The van der Waals surface area contributed by atoms with Crippen LogP contribution in [0, 0.1) is 21.8 Å². The van der Waals surface area contributed by atoms with Crippen LogP contribution in [0.4, 0.5) is 10.1 Å². The first kappa shape index (κ1) is 21.6. The molecule has 7 heteroatoms. The predicted molar refractivity (Wildman–Crippen MR) is 113 cm³/mol. The lowest BCUT2D eigenvalue weighted by Crippen LogP contribution is -2.47. The van der Waals surface area contributed by atoms with E-state index in [1.54, 1.807) is 25.1 Å². The summed E-state index contributed by atoms with van der Waals surface area (Å²) in [5.41, 5.74) is -1.12. The van der Waals surface area contributed by atoms with E-state index < -0.39 is 16.2 Å². The molecular weight excluding hydrogens is 399 g/mol. The number of nitrogens with zero attached hydrogens (tertiary/aromatic N) is 2. The highest BCUT2D eigenvalue weighted by molar-refractivity contribution is 5.83. The zero-order chi connectivity index (χ0) is 22.1. The van der Waals surface area contributed by atoms with Crippen molar-refractivity contribution in [2.24, 2.45) is 5.92 Å². The molecule has 2 fully saturated rings. The third-order valence-electron chi connectivity index (χ3n) is 6.99. The van der Waals surface area contributed by atoms with Crippen molar-refractivity contribution in [3.8, 4) is 0 Å². The van der Waals surface area contributed by atoms with Crippen molar-refractivity contribution in [3.63, 3.8) is 0 Å². The van der Waals surface area contributed by atoms with Crippen LogP contribution in [0.1, 0.15) is 63.1 Å². The summed E-state index contributed by atoms with van der Waals surface area (Å²) >= 11 is 0. The molecule has 2 aromatic rings. The van der Waals surface area contributed by atoms with Gasteiger partial charge in [0.15, 0.2) is 5.78 Å². The smallest absolute Gasteiger partial charge is 0.291 e. The van der Waals surface area contributed by atoms with Gasteiger partial charge in [0.25, 0.3) is 5.69 Å². The number of rotatable bonds is 5. The Bertz CT molecular complexity index is 989. The van der Waals surface area contributed by atoms with Crippen molar-refractivity contribution in [2.75, 3.05) is 6.61 Å². The summed E-state index contributed by atoms with van der Waals surface area (Å²) in [4.78, 5) is 28.5. The molecule has 2 heterocycles. The van der Waals surface area contributed by atoms with Gasteiger partial charge in [-0.15, -0.1) is 0 Å². The van der Waals surface area contributed by atoms with E-state index in [2.05, 4.69) is 4.98 Å².